The van der Waals surface area contributed by atoms with Gasteiger partial charge in [0.1, 0.15) is 23.1 Å². The molecule has 0 spiro atoms. The molecule has 176 valence electrons. The Morgan fingerprint density at radius 2 is 1.09 bits per heavy atom. The van der Waals surface area contributed by atoms with Gasteiger partial charge >= 0.3 is 0 Å². The van der Waals surface area contributed by atoms with Crippen LogP contribution in [-0.4, -0.2) is 14.2 Å². The maximum absolute atomic E-state index is 13.9. The predicted octanol–water partition coefficient (Wildman–Crippen LogP) is 7.37. The fourth-order valence-corrected chi connectivity index (χ4v) is 4.67. The first-order valence-electron chi connectivity index (χ1n) is 11.4. The third-order valence-electron chi connectivity index (χ3n) is 6.42. The van der Waals surface area contributed by atoms with E-state index in [0.717, 1.165) is 39.6 Å². The van der Waals surface area contributed by atoms with E-state index in [1.54, 1.807) is 26.4 Å². The summed E-state index contributed by atoms with van der Waals surface area (Å²) in [6.45, 7) is 0. The lowest BCUT2D eigenvalue weighted by atomic mass is 9.88. The number of hydrogen-bond donors (Lipinski definition) is 0. The zero-order valence-electron chi connectivity index (χ0n) is 19.5. The van der Waals surface area contributed by atoms with Crippen molar-refractivity contribution < 1.29 is 18.3 Å². The average Bonchev–Trinajstić information content (AvgIpc) is 3.30. The molecule has 5 heteroatoms. The van der Waals surface area contributed by atoms with E-state index in [2.05, 4.69) is 23.1 Å². The van der Waals surface area contributed by atoms with Crippen molar-refractivity contribution in [2.75, 3.05) is 19.1 Å². The Morgan fingerprint density at radius 1 is 0.600 bits per heavy atom. The highest BCUT2D eigenvalue weighted by molar-refractivity contribution is 5.84. The van der Waals surface area contributed by atoms with Crippen LogP contribution in [0, 0.1) is 11.6 Å². The summed E-state index contributed by atoms with van der Waals surface area (Å²) in [6.07, 6.45) is 2.20. The topological polar surface area (TPSA) is 21.7 Å². The first-order valence-corrected chi connectivity index (χ1v) is 11.4. The lowest BCUT2D eigenvalue weighted by Gasteiger charge is -2.33. The van der Waals surface area contributed by atoms with Gasteiger partial charge in [-0.05, 0) is 89.5 Å². The standard InChI is InChI=1S/C30H25F2NO2/c1-34-26-15-7-20(8-16-26)28-19-29(21-3-9-23(31)10-4-21)33(25-13-17-27(35-2)18-14-25)30(28)22-5-11-24(32)12-6-22/h3-19,28,30H,1-2H3. The van der Waals surface area contributed by atoms with Gasteiger partial charge in [-0.2, -0.15) is 0 Å². The van der Waals surface area contributed by atoms with Crippen molar-refractivity contribution in [2.24, 2.45) is 0 Å². The second-order valence-electron chi connectivity index (χ2n) is 8.42. The van der Waals surface area contributed by atoms with Crippen molar-refractivity contribution in [3.05, 3.63) is 131 Å². The lowest BCUT2D eigenvalue weighted by molar-refractivity contribution is 0.414. The molecule has 0 N–H and O–H groups in total. The molecular weight excluding hydrogens is 444 g/mol. The van der Waals surface area contributed by atoms with Crippen molar-refractivity contribution in [2.45, 2.75) is 12.0 Å². The third kappa shape index (κ3) is 4.50. The van der Waals surface area contributed by atoms with Gasteiger partial charge in [0.25, 0.3) is 0 Å². The Hall–Kier alpha value is -4.12. The van der Waals surface area contributed by atoms with Gasteiger partial charge in [0.15, 0.2) is 0 Å². The van der Waals surface area contributed by atoms with Crippen molar-refractivity contribution in [3.63, 3.8) is 0 Å². The quantitative estimate of drug-likeness (QED) is 0.294. The minimum atomic E-state index is -0.287. The zero-order chi connectivity index (χ0) is 24.4. The second kappa shape index (κ2) is 9.63. The smallest absolute Gasteiger partial charge is 0.123 e. The van der Waals surface area contributed by atoms with Crippen LogP contribution in [0.3, 0.4) is 0 Å². The van der Waals surface area contributed by atoms with Gasteiger partial charge in [-0.25, -0.2) is 8.78 Å². The molecule has 0 amide bonds. The number of benzene rings is 4. The van der Waals surface area contributed by atoms with Gasteiger partial charge in [0.2, 0.25) is 0 Å². The number of methoxy groups -OCH3 is 2. The fraction of sp³-hybridized carbons (Fsp3) is 0.133. The number of anilines is 1. The summed E-state index contributed by atoms with van der Waals surface area (Å²) >= 11 is 0. The van der Waals surface area contributed by atoms with E-state index in [4.69, 9.17) is 9.47 Å². The number of halogens is 2. The first kappa shape index (κ1) is 22.7. The molecule has 3 nitrogen and oxygen atoms in total. The van der Waals surface area contributed by atoms with Crippen molar-refractivity contribution in [1.29, 1.82) is 0 Å². The van der Waals surface area contributed by atoms with E-state index in [9.17, 15) is 8.78 Å². The van der Waals surface area contributed by atoms with Gasteiger partial charge in [-0.1, -0.05) is 30.3 Å². The van der Waals surface area contributed by atoms with Crippen molar-refractivity contribution in [3.8, 4) is 11.5 Å². The van der Waals surface area contributed by atoms with E-state index >= 15 is 0 Å². The summed E-state index contributed by atoms with van der Waals surface area (Å²) in [5.41, 5.74) is 4.86. The van der Waals surface area contributed by atoms with Crippen molar-refractivity contribution in [1.82, 2.24) is 0 Å². The largest absolute Gasteiger partial charge is 0.497 e. The van der Waals surface area contributed by atoms with Crippen LogP contribution in [0.1, 0.15) is 28.7 Å². The molecule has 0 aliphatic carbocycles. The van der Waals surface area contributed by atoms with E-state index < -0.39 is 0 Å². The summed E-state index contributed by atoms with van der Waals surface area (Å²) in [7, 11) is 3.28. The molecule has 4 aromatic rings. The number of rotatable bonds is 6. The van der Waals surface area contributed by atoms with Crippen LogP contribution in [0.25, 0.3) is 5.70 Å². The molecule has 0 aromatic heterocycles. The number of nitrogens with zero attached hydrogens (tertiary/aromatic N) is 1. The van der Waals surface area contributed by atoms with E-state index in [1.807, 2.05) is 48.5 Å². The maximum atomic E-state index is 13.9. The number of ether oxygens (including phenoxy) is 2. The Bertz CT molecular complexity index is 1320. The molecule has 0 radical (unpaired) electrons. The molecule has 1 aliphatic heterocycles. The Morgan fingerprint density at radius 3 is 1.63 bits per heavy atom. The van der Waals surface area contributed by atoms with E-state index in [-0.39, 0.29) is 23.6 Å². The molecule has 2 unspecified atom stereocenters. The van der Waals surface area contributed by atoms with Crippen LogP contribution in [0.5, 0.6) is 11.5 Å². The van der Waals surface area contributed by atoms with Crippen LogP contribution in [0.4, 0.5) is 14.5 Å². The summed E-state index contributed by atoms with van der Waals surface area (Å²) in [5, 5.41) is 0. The average molecular weight is 470 g/mol. The molecule has 2 atom stereocenters. The van der Waals surface area contributed by atoms with E-state index in [1.165, 1.54) is 24.3 Å². The zero-order valence-corrected chi connectivity index (χ0v) is 19.5. The monoisotopic (exact) mass is 469 g/mol. The van der Waals surface area contributed by atoms with Gasteiger partial charge in [-0.15, -0.1) is 0 Å². The van der Waals surface area contributed by atoms with Crippen LogP contribution in [0.2, 0.25) is 0 Å². The van der Waals surface area contributed by atoms with Crippen LogP contribution in [-0.2, 0) is 0 Å². The minimum Gasteiger partial charge on any atom is -0.497 e. The second-order valence-corrected chi connectivity index (χ2v) is 8.42. The fourth-order valence-electron chi connectivity index (χ4n) is 4.67. The molecule has 0 bridgehead atoms. The van der Waals surface area contributed by atoms with Crippen LogP contribution < -0.4 is 14.4 Å². The van der Waals surface area contributed by atoms with E-state index in [0.29, 0.717) is 0 Å². The molecule has 5 rings (SSSR count). The summed E-state index contributed by atoms with van der Waals surface area (Å²) < 4.78 is 38.4. The molecule has 0 saturated carbocycles. The summed E-state index contributed by atoms with van der Waals surface area (Å²) in [5.74, 6) is 0.916. The Labute approximate surface area is 203 Å². The maximum Gasteiger partial charge on any atom is 0.123 e. The Kier molecular flexibility index (Phi) is 6.23. The highest BCUT2D eigenvalue weighted by Crippen LogP contribution is 2.50. The summed E-state index contributed by atoms with van der Waals surface area (Å²) in [4.78, 5) is 2.23. The van der Waals surface area contributed by atoms with Gasteiger partial charge < -0.3 is 14.4 Å². The number of hydrogen-bond acceptors (Lipinski definition) is 3. The van der Waals surface area contributed by atoms with Gasteiger partial charge in [0, 0.05) is 17.3 Å². The molecular formula is C30H25F2NO2. The molecule has 0 saturated heterocycles. The van der Waals surface area contributed by atoms with Crippen LogP contribution in [0.15, 0.2) is 103 Å². The lowest BCUT2D eigenvalue weighted by Crippen LogP contribution is -2.25. The molecule has 4 aromatic carbocycles. The van der Waals surface area contributed by atoms with Crippen LogP contribution >= 0.6 is 0 Å². The molecule has 1 aliphatic rings. The van der Waals surface area contributed by atoms with Gasteiger partial charge in [0.05, 0.1) is 20.3 Å². The van der Waals surface area contributed by atoms with Gasteiger partial charge in [-0.3, -0.25) is 0 Å². The predicted molar refractivity (Wildman–Crippen MR) is 135 cm³/mol. The summed E-state index contributed by atoms with van der Waals surface area (Å²) in [6, 6.07) is 28.8. The Balaban J connectivity index is 1.69. The first-order chi connectivity index (χ1) is 17.1. The highest BCUT2D eigenvalue weighted by Gasteiger charge is 2.38. The highest BCUT2D eigenvalue weighted by atomic mass is 19.1. The SMILES string of the molecule is COc1ccc(C2C=C(c3ccc(F)cc3)N(c3ccc(OC)cc3)C2c2ccc(F)cc2)cc1. The molecule has 35 heavy (non-hydrogen) atoms. The third-order valence-corrected chi connectivity index (χ3v) is 6.42. The minimum absolute atomic E-state index is 0.0477. The normalized spacial score (nSPS) is 17.3. The van der Waals surface area contributed by atoms with Crippen molar-refractivity contribution >= 4 is 11.4 Å². The molecule has 1 heterocycles. The molecule has 0 fully saturated rings.